The van der Waals surface area contributed by atoms with E-state index >= 15 is 0 Å². The molecule has 0 amide bonds. The minimum atomic E-state index is -4.17. The van der Waals surface area contributed by atoms with Gasteiger partial charge in [-0.2, -0.15) is 4.98 Å². The van der Waals surface area contributed by atoms with Crippen molar-refractivity contribution in [2.24, 2.45) is 11.8 Å². The number of aromatic nitrogens is 2. The number of aliphatic hydroxyl groups excluding tert-OH is 1. The Kier molecular flexibility index (Phi) is 8.35. The maximum absolute atomic E-state index is 12.3. The van der Waals surface area contributed by atoms with Gasteiger partial charge in [-0.3, -0.25) is 18.8 Å². The molecule has 2 aliphatic rings. The van der Waals surface area contributed by atoms with Gasteiger partial charge < -0.3 is 26.0 Å². The summed E-state index contributed by atoms with van der Waals surface area (Å²) in [5.41, 5.74) is 5.67. The second kappa shape index (κ2) is 10.8. The van der Waals surface area contributed by atoms with Gasteiger partial charge in [0.1, 0.15) is 5.69 Å². The van der Waals surface area contributed by atoms with Crippen molar-refractivity contribution in [3.8, 4) is 0 Å². The Morgan fingerprint density at radius 3 is 2.74 bits per heavy atom. The van der Waals surface area contributed by atoms with Crippen LogP contribution in [0.2, 0.25) is 0 Å². The summed E-state index contributed by atoms with van der Waals surface area (Å²) in [6, 6.07) is -0.113. The molecule has 176 valence electrons. The molecular weight excluding hydrogens is 425 g/mol. The Morgan fingerprint density at radius 1 is 1.26 bits per heavy atom. The zero-order valence-corrected chi connectivity index (χ0v) is 18.9. The summed E-state index contributed by atoms with van der Waals surface area (Å²) in [5, 5.41) is 12.7. The van der Waals surface area contributed by atoms with Crippen LogP contribution in [0.4, 0.5) is 17.5 Å². The van der Waals surface area contributed by atoms with Crippen molar-refractivity contribution in [2.45, 2.75) is 57.9 Å². The van der Waals surface area contributed by atoms with Gasteiger partial charge >= 0.3 is 7.82 Å². The highest BCUT2D eigenvalue weighted by atomic mass is 31.2. The van der Waals surface area contributed by atoms with Gasteiger partial charge in [-0.05, 0) is 18.8 Å². The number of phosphoric acid groups is 1. The van der Waals surface area contributed by atoms with Crippen molar-refractivity contribution < 1.29 is 23.6 Å². The highest BCUT2D eigenvalue weighted by Crippen LogP contribution is 2.48. The average molecular weight is 459 g/mol. The van der Waals surface area contributed by atoms with E-state index in [2.05, 4.69) is 22.2 Å². The van der Waals surface area contributed by atoms with Gasteiger partial charge in [0.05, 0.1) is 19.9 Å². The Morgan fingerprint density at radius 2 is 2.00 bits per heavy atom. The lowest BCUT2D eigenvalue weighted by Gasteiger charge is -2.48. The zero-order chi connectivity index (χ0) is 22.4. The van der Waals surface area contributed by atoms with Gasteiger partial charge in [0.25, 0.3) is 5.56 Å². The SMILES string of the molecule is CCCCCCCCOP(=O)(O)OC[C@@H]1[C@@H](CO)C[C@H]1N1CNc2c1nc(N)[nH]c2=O. The van der Waals surface area contributed by atoms with Crippen LogP contribution in [0.1, 0.15) is 51.9 Å². The Hall–Kier alpha value is -1.65. The lowest BCUT2D eigenvalue weighted by molar-refractivity contribution is 0.0168. The largest absolute Gasteiger partial charge is 0.472 e. The van der Waals surface area contributed by atoms with E-state index in [0.717, 1.165) is 19.3 Å². The van der Waals surface area contributed by atoms with Crippen LogP contribution in [0.15, 0.2) is 4.79 Å². The smallest absolute Gasteiger partial charge is 0.396 e. The molecule has 1 unspecified atom stereocenters. The van der Waals surface area contributed by atoms with Crippen LogP contribution in [0.3, 0.4) is 0 Å². The van der Waals surface area contributed by atoms with Crippen molar-refractivity contribution in [1.82, 2.24) is 9.97 Å². The van der Waals surface area contributed by atoms with Crippen molar-refractivity contribution in [3.63, 3.8) is 0 Å². The van der Waals surface area contributed by atoms with Crippen LogP contribution in [-0.4, -0.2) is 52.5 Å². The highest BCUT2D eigenvalue weighted by Gasteiger charge is 2.47. The maximum Gasteiger partial charge on any atom is 0.472 e. The van der Waals surface area contributed by atoms with Gasteiger partial charge in [-0.15, -0.1) is 0 Å². The van der Waals surface area contributed by atoms with Crippen molar-refractivity contribution in [3.05, 3.63) is 10.4 Å². The topological polar surface area (TPSA) is 163 Å². The molecule has 1 aromatic rings. The number of unbranched alkanes of at least 4 members (excludes halogenated alkanes) is 5. The van der Waals surface area contributed by atoms with Crippen LogP contribution >= 0.6 is 7.82 Å². The third-order valence-electron chi connectivity index (χ3n) is 6.08. The first-order valence-corrected chi connectivity index (χ1v) is 12.5. The number of H-pyrrole nitrogens is 1. The Balaban J connectivity index is 1.51. The fraction of sp³-hybridized carbons (Fsp3) is 0.789. The number of nitrogens with one attached hydrogen (secondary N) is 2. The van der Waals surface area contributed by atoms with E-state index in [0.29, 0.717) is 31.0 Å². The van der Waals surface area contributed by atoms with Crippen LogP contribution < -0.4 is 21.5 Å². The number of nitrogen functional groups attached to an aromatic ring is 1. The molecule has 1 aliphatic carbocycles. The summed E-state index contributed by atoms with van der Waals surface area (Å²) in [5.74, 6) is 0.176. The van der Waals surface area contributed by atoms with Gasteiger partial charge in [0.2, 0.25) is 5.95 Å². The van der Waals surface area contributed by atoms with Gasteiger partial charge in [0.15, 0.2) is 5.82 Å². The first-order chi connectivity index (χ1) is 14.9. The molecule has 0 bridgehead atoms. The first-order valence-electron chi connectivity index (χ1n) is 11.0. The molecule has 2 heterocycles. The quantitative estimate of drug-likeness (QED) is 0.218. The molecule has 6 N–H and O–H groups in total. The zero-order valence-electron chi connectivity index (χ0n) is 18.0. The number of hydrogen-bond donors (Lipinski definition) is 5. The molecule has 1 fully saturated rings. The molecule has 12 heteroatoms. The van der Waals surface area contributed by atoms with E-state index in [4.69, 9.17) is 14.8 Å². The molecule has 11 nitrogen and oxygen atoms in total. The maximum atomic E-state index is 12.3. The molecule has 0 spiro atoms. The summed E-state index contributed by atoms with van der Waals surface area (Å²) in [6.07, 6.45) is 6.93. The van der Waals surface area contributed by atoms with E-state index in [1.807, 2.05) is 4.90 Å². The fourth-order valence-electron chi connectivity index (χ4n) is 4.23. The van der Waals surface area contributed by atoms with Crippen LogP contribution in [-0.2, 0) is 13.6 Å². The molecular formula is C19H34N5O6P. The van der Waals surface area contributed by atoms with E-state index in [-0.39, 0.29) is 49.2 Å². The summed E-state index contributed by atoms with van der Waals surface area (Å²) in [6.45, 7) is 2.59. The first kappa shape index (κ1) is 24.0. The van der Waals surface area contributed by atoms with E-state index in [1.54, 1.807) is 0 Å². The number of phosphoric ester groups is 1. The molecule has 0 radical (unpaired) electrons. The van der Waals surface area contributed by atoms with Crippen LogP contribution in [0.5, 0.6) is 0 Å². The predicted molar refractivity (Wildman–Crippen MR) is 118 cm³/mol. The molecule has 3 rings (SSSR count). The average Bonchev–Trinajstić information content (AvgIpc) is 3.10. The monoisotopic (exact) mass is 459 g/mol. The van der Waals surface area contributed by atoms with Crippen molar-refractivity contribution in [2.75, 3.05) is 42.4 Å². The number of anilines is 3. The van der Waals surface area contributed by atoms with Crippen LogP contribution in [0, 0.1) is 11.8 Å². The number of rotatable bonds is 13. The second-order valence-electron chi connectivity index (χ2n) is 8.23. The molecule has 1 aliphatic heterocycles. The normalized spacial score (nSPS) is 24.4. The van der Waals surface area contributed by atoms with E-state index in [9.17, 15) is 19.4 Å². The minimum Gasteiger partial charge on any atom is -0.396 e. The summed E-state index contributed by atoms with van der Waals surface area (Å²) < 4.78 is 22.6. The standard InChI is InChI=1S/C19H34N5O6P/c1-2-3-4-5-6-7-8-29-31(27,28)30-11-14-13(10-25)9-15(14)24-12-21-16-17(24)22-19(20)23-18(16)26/h13-15,21,25H,2-12H2,1H3,(H,27,28)(H3,20,22,23,26)/t13-,14-,15-/m1/s1. The molecule has 1 aromatic heterocycles. The van der Waals surface area contributed by atoms with Crippen molar-refractivity contribution in [1.29, 1.82) is 0 Å². The third-order valence-corrected chi connectivity index (χ3v) is 7.06. The molecule has 1 saturated carbocycles. The number of aromatic amines is 1. The number of hydrogen-bond acceptors (Lipinski definition) is 9. The number of nitrogens with zero attached hydrogens (tertiary/aromatic N) is 2. The number of aliphatic hydroxyl groups is 1. The van der Waals surface area contributed by atoms with Crippen molar-refractivity contribution >= 4 is 25.3 Å². The molecule has 0 aromatic carbocycles. The molecule has 4 atom stereocenters. The van der Waals surface area contributed by atoms with E-state index in [1.165, 1.54) is 12.8 Å². The summed E-state index contributed by atoms with van der Waals surface area (Å²) in [7, 11) is -4.17. The van der Waals surface area contributed by atoms with E-state index < -0.39 is 7.82 Å². The van der Waals surface area contributed by atoms with Gasteiger partial charge in [-0.1, -0.05) is 39.0 Å². The summed E-state index contributed by atoms with van der Waals surface area (Å²) in [4.78, 5) is 30.6. The van der Waals surface area contributed by atoms with Gasteiger partial charge in [0, 0.05) is 18.6 Å². The Bertz CT molecular complexity index is 836. The van der Waals surface area contributed by atoms with Crippen LogP contribution in [0.25, 0.3) is 0 Å². The highest BCUT2D eigenvalue weighted by molar-refractivity contribution is 7.47. The number of nitrogens with two attached hydrogens (primary N) is 1. The fourth-order valence-corrected chi connectivity index (χ4v) is 5.03. The summed E-state index contributed by atoms with van der Waals surface area (Å²) >= 11 is 0. The molecule has 0 saturated heterocycles. The third kappa shape index (κ3) is 5.98. The second-order valence-corrected chi connectivity index (χ2v) is 9.68. The lowest BCUT2D eigenvalue weighted by atomic mass is 9.69. The molecule has 31 heavy (non-hydrogen) atoms. The predicted octanol–water partition coefficient (Wildman–Crippen LogP) is 2.03. The Labute approximate surface area is 182 Å². The van der Waals surface area contributed by atoms with Gasteiger partial charge in [-0.25, -0.2) is 4.57 Å². The lowest BCUT2D eigenvalue weighted by Crippen LogP contribution is -2.55. The number of fused-ring (bicyclic) bond motifs is 1. The minimum absolute atomic E-state index is 0.0197.